The highest BCUT2D eigenvalue weighted by molar-refractivity contribution is 5.57. The van der Waals surface area contributed by atoms with Gasteiger partial charge in [0.05, 0.1) is 0 Å². The Balaban J connectivity index is 4.49. The third kappa shape index (κ3) is 2.69. The maximum absolute atomic E-state index is 13.0. The molecule has 0 heterocycles. The summed E-state index contributed by atoms with van der Waals surface area (Å²) in [7, 11) is 0. The molecule has 0 aromatic heterocycles. The molecular formula is C7H8F2O3. The number of halogens is 2. The Labute approximate surface area is 68.0 Å². The van der Waals surface area contributed by atoms with Crippen LogP contribution in [-0.2, 0) is 4.74 Å². The molecule has 0 fully saturated rings. The summed E-state index contributed by atoms with van der Waals surface area (Å²) in [6.07, 6.45) is -1.51. The average Bonchev–Trinajstić information content (AvgIpc) is 1.85. The van der Waals surface area contributed by atoms with Crippen LogP contribution in [0.15, 0.2) is 25.1 Å². The predicted octanol–water partition coefficient (Wildman–Crippen LogP) is 2.41. The Bertz CT molecular complexity index is 215. The van der Waals surface area contributed by atoms with Gasteiger partial charge in [-0.2, -0.15) is 4.39 Å². The molecule has 12 heavy (non-hydrogen) atoms. The SMILES string of the molecule is C=CCC(F)(OC(=O)O)C(=C)F. The lowest BCUT2D eigenvalue weighted by molar-refractivity contribution is -0.0936. The molecule has 68 valence electrons. The number of rotatable bonds is 4. The average molecular weight is 178 g/mol. The van der Waals surface area contributed by atoms with Crippen LogP contribution in [0, 0.1) is 0 Å². The van der Waals surface area contributed by atoms with E-state index in [-0.39, 0.29) is 0 Å². The Kier molecular flexibility index (Phi) is 3.40. The van der Waals surface area contributed by atoms with Crippen molar-refractivity contribution in [3.05, 3.63) is 25.1 Å². The quantitative estimate of drug-likeness (QED) is 0.531. The first kappa shape index (κ1) is 10.6. The van der Waals surface area contributed by atoms with Crippen molar-refractivity contribution in [2.75, 3.05) is 0 Å². The van der Waals surface area contributed by atoms with Crippen molar-refractivity contribution < 1.29 is 23.4 Å². The van der Waals surface area contributed by atoms with Gasteiger partial charge in [0.1, 0.15) is 0 Å². The molecule has 1 unspecified atom stereocenters. The third-order valence-electron chi connectivity index (χ3n) is 1.06. The molecule has 0 spiro atoms. The number of alkyl halides is 1. The highest BCUT2D eigenvalue weighted by Crippen LogP contribution is 2.27. The lowest BCUT2D eigenvalue weighted by Gasteiger charge is -2.19. The Morgan fingerprint density at radius 1 is 1.75 bits per heavy atom. The first-order chi connectivity index (χ1) is 5.42. The van der Waals surface area contributed by atoms with E-state index < -0.39 is 24.3 Å². The fourth-order valence-corrected chi connectivity index (χ4v) is 0.532. The van der Waals surface area contributed by atoms with Crippen molar-refractivity contribution in [3.63, 3.8) is 0 Å². The second-order valence-corrected chi connectivity index (χ2v) is 1.99. The van der Waals surface area contributed by atoms with Crippen LogP contribution in [0.5, 0.6) is 0 Å². The molecule has 0 radical (unpaired) electrons. The Hall–Kier alpha value is -1.39. The molecule has 0 aliphatic rings. The molecule has 0 rings (SSSR count). The monoisotopic (exact) mass is 178 g/mol. The molecule has 3 nitrogen and oxygen atoms in total. The minimum Gasteiger partial charge on any atom is -0.450 e. The fraction of sp³-hybridized carbons (Fsp3) is 0.286. The van der Waals surface area contributed by atoms with E-state index >= 15 is 0 Å². The van der Waals surface area contributed by atoms with E-state index in [0.717, 1.165) is 6.08 Å². The lowest BCUT2D eigenvalue weighted by atomic mass is 10.2. The van der Waals surface area contributed by atoms with Crippen LogP contribution in [0.1, 0.15) is 6.42 Å². The first-order valence-electron chi connectivity index (χ1n) is 2.99. The zero-order valence-corrected chi connectivity index (χ0v) is 6.22. The maximum atomic E-state index is 13.0. The van der Waals surface area contributed by atoms with Crippen molar-refractivity contribution in [1.29, 1.82) is 0 Å². The van der Waals surface area contributed by atoms with Crippen LogP contribution in [0.2, 0.25) is 0 Å². The van der Waals surface area contributed by atoms with E-state index in [9.17, 15) is 13.6 Å². The molecule has 0 amide bonds. The van der Waals surface area contributed by atoms with Gasteiger partial charge >= 0.3 is 12.0 Å². The van der Waals surface area contributed by atoms with E-state index in [4.69, 9.17) is 5.11 Å². The second kappa shape index (κ2) is 3.85. The number of ether oxygens (including phenoxy) is 1. The van der Waals surface area contributed by atoms with E-state index in [2.05, 4.69) is 17.9 Å². The standard InChI is InChI=1S/C7H8F2O3/c1-3-4-7(9,5(2)8)12-6(10)11/h3H,1-2,4H2,(H,10,11). The van der Waals surface area contributed by atoms with Gasteiger partial charge in [0.15, 0.2) is 5.83 Å². The largest absolute Gasteiger partial charge is 0.508 e. The number of carboxylic acid groups (broad SMARTS) is 1. The third-order valence-corrected chi connectivity index (χ3v) is 1.06. The Morgan fingerprint density at radius 2 is 2.25 bits per heavy atom. The molecule has 0 saturated carbocycles. The summed E-state index contributed by atoms with van der Waals surface area (Å²) in [5, 5.41) is 8.02. The molecule has 1 N–H and O–H groups in total. The first-order valence-corrected chi connectivity index (χ1v) is 2.99. The number of hydrogen-bond donors (Lipinski definition) is 1. The van der Waals surface area contributed by atoms with E-state index in [1.165, 1.54) is 0 Å². The summed E-state index contributed by atoms with van der Waals surface area (Å²) in [6, 6.07) is 0. The molecule has 0 bridgehead atoms. The highest BCUT2D eigenvalue weighted by atomic mass is 19.2. The summed E-state index contributed by atoms with van der Waals surface area (Å²) in [5.41, 5.74) is 0. The van der Waals surface area contributed by atoms with Gasteiger partial charge in [0, 0.05) is 6.42 Å². The topological polar surface area (TPSA) is 46.5 Å². The summed E-state index contributed by atoms with van der Waals surface area (Å²) >= 11 is 0. The normalized spacial score (nSPS) is 14.5. The summed E-state index contributed by atoms with van der Waals surface area (Å²) in [4.78, 5) is 9.89. The summed E-state index contributed by atoms with van der Waals surface area (Å²) in [6.45, 7) is 5.74. The summed E-state index contributed by atoms with van der Waals surface area (Å²) < 4.78 is 29.0. The van der Waals surface area contributed by atoms with Crippen LogP contribution < -0.4 is 0 Å². The smallest absolute Gasteiger partial charge is 0.450 e. The fourth-order valence-electron chi connectivity index (χ4n) is 0.532. The van der Waals surface area contributed by atoms with Crippen molar-refractivity contribution in [3.8, 4) is 0 Å². The Morgan fingerprint density at radius 3 is 2.50 bits per heavy atom. The molecule has 5 heteroatoms. The van der Waals surface area contributed by atoms with Crippen LogP contribution in [0.3, 0.4) is 0 Å². The molecule has 0 aromatic rings. The van der Waals surface area contributed by atoms with Crippen molar-refractivity contribution in [2.24, 2.45) is 0 Å². The van der Waals surface area contributed by atoms with E-state index in [1.54, 1.807) is 0 Å². The second-order valence-electron chi connectivity index (χ2n) is 1.99. The van der Waals surface area contributed by atoms with Crippen molar-refractivity contribution in [2.45, 2.75) is 12.3 Å². The van der Waals surface area contributed by atoms with E-state index in [0.29, 0.717) is 0 Å². The van der Waals surface area contributed by atoms with Gasteiger partial charge in [-0.15, -0.1) is 6.58 Å². The van der Waals surface area contributed by atoms with Gasteiger partial charge in [0.25, 0.3) is 0 Å². The predicted molar refractivity (Wildman–Crippen MR) is 38.0 cm³/mol. The highest BCUT2D eigenvalue weighted by Gasteiger charge is 2.37. The maximum Gasteiger partial charge on any atom is 0.508 e. The minimum atomic E-state index is -3.01. The zero-order valence-electron chi connectivity index (χ0n) is 6.22. The van der Waals surface area contributed by atoms with Gasteiger partial charge in [-0.05, 0) is 0 Å². The molecule has 1 atom stereocenters. The molecule has 0 aromatic carbocycles. The van der Waals surface area contributed by atoms with Crippen LogP contribution in [-0.4, -0.2) is 17.1 Å². The van der Waals surface area contributed by atoms with E-state index in [1.807, 2.05) is 0 Å². The molecule has 0 aliphatic heterocycles. The van der Waals surface area contributed by atoms with Crippen LogP contribution >= 0.6 is 0 Å². The van der Waals surface area contributed by atoms with Crippen molar-refractivity contribution in [1.82, 2.24) is 0 Å². The zero-order chi connectivity index (χ0) is 9.78. The molecular weight excluding hydrogens is 170 g/mol. The molecule has 0 aliphatic carbocycles. The number of carbonyl (C=O) groups is 1. The van der Waals surface area contributed by atoms with Gasteiger partial charge in [0.2, 0.25) is 0 Å². The van der Waals surface area contributed by atoms with Crippen LogP contribution in [0.25, 0.3) is 0 Å². The number of hydrogen-bond acceptors (Lipinski definition) is 2. The minimum absolute atomic E-state index is 0.603. The molecule has 0 saturated heterocycles. The van der Waals surface area contributed by atoms with Crippen molar-refractivity contribution >= 4 is 6.16 Å². The van der Waals surface area contributed by atoms with Crippen LogP contribution in [0.4, 0.5) is 13.6 Å². The van der Waals surface area contributed by atoms with Gasteiger partial charge < -0.3 is 9.84 Å². The van der Waals surface area contributed by atoms with Gasteiger partial charge in [-0.3, -0.25) is 0 Å². The van der Waals surface area contributed by atoms with Gasteiger partial charge in [-0.1, -0.05) is 12.7 Å². The lowest BCUT2D eigenvalue weighted by Crippen LogP contribution is -2.29. The van der Waals surface area contributed by atoms with Gasteiger partial charge in [-0.25, -0.2) is 9.18 Å². The summed E-state index contributed by atoms with van der Waals surface area (Å²) in [5.74, 6) is -4.50.